The Morgan fingerprint density at radius 2 is 1.74 bits per heavy atom. The van der Waals surface area contributed by atoms with Gasteiger partial charge in [-0.05, 0) is 74.5 Å². The number of pyridine rings is 1. The van der Waals surface area contributed by atoms with Gasteiger partial charge < -0.3 is 19.5 Å². The molecule has 2 aromatic heterocycles. The first-order valence-corrected chi connectivity index (χ1v) is 15.2. The summed E-state index contributed by atoms with van der Waals surface area (Å²) in [6, 6.07) is 15.0. The molecule has 0 spiro atoms. The van der Waals surface area contributed by atoms with Crippen molar-refractivity contribution < 1.29 is 23.4 Å². The molecule has 0 bridgehead atoms. The number of anilines is 1. The number of methoxy groups -OCH3 is 1. The summed E-state index contributed by atoms with van der Waals surface area (Å²) in [6.45, 7) is 3.46. The van der Waals surface area contributed by atoms with Crippen molar-refractivity contribution in [3.05, 3.63) is 104 Å². The van der Waals surface area contributed by atoms with Crippen molar-refractivity contribution in [2.75, 3.05) is 38.7 Å². The van der Waals surface area contributed by atoms with E-state index in [1.165, 1.54) is 63.4 Å². The molecule has 47 heavy (non-hydrogen) atoms. The van der Waals surface area contributed by atoms with E-state index in [0.29, 0.717) is 45.5 Å². The molecule has 1 N–H and O–H groups in total. The summed E-state index contributed by atoms with van der Waals surface area (Å²) in [7, 11) is 2.76. The zero-order valence-electron chi connectivity index (χ0n) is 25.5. The molecule has 12 nitrogen and oxygen atoms in total. The predicted molar refractivity (Wildman–Crippen MR) is 174 cm³/mol. The Morgan fingerprint density at radius 3 is 2.47 bits per heavy atom. The maximum Gasteiger partial charge on any atom is 0.351 e. The topological polar surface area (TPSA) is 130 Å². The minimum absolute atomic E-state index is 0.0323. The number of amides is 1. The van der Waals surface area contributed by atoms with Gasteiger partial charge in [0, 0.05) is 48.0 Å². The van der Waals surface area contributed by atoms with E-state index in [9.17, 15) is 14.4 Å². The molecule has 1 aliphatic heterocycles. The van der Waals surface area contributed by atoms with Gasteiger partial charge in [-0.3, -0.25) is 24.0 Å². The quantitative estimate of drug-likeness (QED) is 0.225. The van der Waals surface area contributed by atoms with Crippen LogP contribution in [0.2, 0.25) is 5.02 Å². The second-order valence-corrected chi connectivity index (χ2v) is 11.2. The van der Waals surface area contributed by atoms with E-state index >= 15 is 4.39 Å². The molecule has 14 heteroatoms. The molecule has 6 rings (SSSR count). The maximum atomic E-state index is 15.3. The number of hydrogen-bond donors (Lipinski definition) is 1. The fourth-order valence-electron chi connectivity index (χ4n) is 5.22. The Morgan fingerprint density at radius 1 is 0.979 bits per heavy atom. The van der Waals surface area contributed by atoms with E-state index in [0.717, 1.165) is 34.9 Å². The van der Waals surface area contributed by atoms with Crippen molar-refractivity contribution in [3.8, 4) is 28.7 Å². The second kappa shape index (κ2) is 13.6. The van der Waals surface area contributed by atoms with Crippen LogP contribution in [0.5, 0.6) is 23.0 Å². The molecular weight excluding hydrogens is 631 g/mol. The SMILES string of the molecule is COc1cc2c(Oc3ccc(NC(=O)c4nn(-c5ccc(Cl)cc5)c(=O)n(C)c4=O)cc3F)ccnc2cc1OCCN1CCCC1. The summed E-state index contributed by atoms with van der Waals surface area (Å²) >= 11 is 5.93. The van der Waals surface area contributed by atoms with Crippen LogP contribution in [-0.2, 0) is 7.05 Å². The van der Waals surface area contributed by atoms with Crippen LogP contribution < -0.4 is 30.8 Å². The summed E-state index contributed by atoms with van der Waals surface area (Å²) in [5, 5.41) is 7.44. The van der Waals surface area contributed by atoms with Crippen molar-refractivity contribution >= 4 is 34.1 Å². The number of halogens is 2. The number of nitrogens with zero attached hydrogens (tertiary/aromatic N) is 5. The smallest absolute Gasteiger partial charge is 0.351 e. The summed E-state index contributed by atoms with van der Waals surface area (Å²) in [6.07, 6.45) is 3.94. The van der Waals surface area contributed by atoms with E-state index < -0.39 is 28.7 Å². The molecule has 0 atom stereocenters. The first kappa shape index (κ1) is 31.7. The molecule has 0 unspecified atom stereocenters. The van der Waals surface area contributed by atoms with Crippen molar-refractivity contribution in [2.24, 2.45) is 7.05 Å². The highest BCUT2D eigenvalue weighted by Crippen LogP contribution is 2.38. The van der Waals surface area contributed by atoms with Crippen LogP contribution in [0.4, 0.5) is 10.1 Å². The molecule has 0 saturated carbocycles. The zero-order valence-corrected chi connectivity index (χ0v) is 26.3. The highest BCUT2D eigenvalue weighted by atomic mass is 35.5. The standard InChI is InChI=1S/C33H30ClFN6O6/c1-39-32(43)30(38-41(33(39)44)22-8-5-20(34)6-9-22)31(42)37-21-7-10-27(24(35)17-21)47-26-11-12-36-25-19-29(28(45-2)18-23(25)26)46-16-15-40-13-3-4-14-40/h5-12,17-19H,3-4,13-16H2,1-2H3,(H,37,42). The van der Waals surface area contributed by atoms with Gasteiger partial charge in [-0.25, -0.2) is 9.18 Å². The van der Waals surface area contributed by atoms with Gasteiger partial charge in [-0.2, -0.15) is 9.78 Å². The summed E-state index contributed by atoms with van der Waals surface area (Å²) in [5.74, 6) is -0.489. The molecule has 3 heterocycles. The van der Waals surface area contributed by atoms with E-state index in [4.69, 9.17) is 25.8 Å². The van der Waals surface area contributed by atoms with Gasteiger partial charge >= 0.3 is 5.69 Å². The lowest BCUT2D eigenvalue weighted by Gasteiger charge is -2.17. The average Bonchev–Trinajstić information content (AvgIpc) is 3.59. The van der Waals surface area contributed by atoms with Crippen LogP contribution in [0.1, 0.15) is 23.3 Å². The van der Waals surface area contributed by atoms with Crippen molar-refractivity contribution in [1.29, 1.82) is 0 Å². The number of aromatic nitrogens is 4. The fourth-order valence-corrected chi connectivity index (χ4v) is 5.34. The Labute approximate surface area is 272 Å². The number of benzene rings is 3. The van der Waals surface area contributed by atoms with Gasteiger partial charge in [0.2, 0.25) is 5.69 Å². The third kappa shape index (κ3) is 6.81. The molecule has 1 aliphatic rings. The molecule has 0 radical (unpaired) electrons. The third-order valence-corrected chi connectivity index (χ3v) is 7.97. The van der Waals surface area contributed by atoms with Gasteiger partial charge in [-0.1, -0.05) is 11.6 Å². The predicted octanol–water partition coefficient (Wildman–Crippen LogP) is 4.80. The molecule has 1 amide bonds. The van der Waals surface area contributed by atoms with Crippen LogP contribution >= 0.6 is 11.6 Å². The number of fused-ring (bicyclic) bond motifs is 1. The van der Waals surface area contributed by atoms with E-state index in [2.05, 4.69) is 20.3 Å². The Balaban J connectivity index is 1.20. The highest BCUT2D eigenvalue weighted by molar-refractivity contribution is 6.30. The van der Waals surface area contributed by atoms with Gasteiger partial charge in [-0.15, -0.1) is 0 Å². The molecular formula is C33H30ClFN6O6. The first-order valence-electron chi connectivity index (χ1n) is 14.8. The summed E-state index contributed by atoms with van der Waals surface area (Å²) in [4.78, 5) is 45.3. The first-order chi connectivity index (χ1) is 22.7. The molecule has 3 aromatic carbocycles. The van der Waals surface area contributed by atoms with Gasteiger partial charge in [0.25, 0.3) is 11.5 Å². The fraction of sp³-hybridized carbons (Fsp3) is 0.242. The minimum Gasteiger partial charge on any atom is -0.493 e. The zero-order chi connectivity index (χ0) is 33.1. The number of hydrogen-bond acceptors (Lipinski definition) is 9. The van der Waals surface area contributed by atoms with Gasteiger partial charge in [0.15, 0.2) is 23.1 Å². The number of likely N-dealkylation sites (tertiary alicyclic amines) is 1. The van der Waals surface area contributed by atoms with Crippen LogP contribution in [-0.4, -0.2) is 63.5 Å². The van der Waals surface area contributed by atoms with Crippen LogP contribution in [0, 0.1) is 5.82 Å². The third-order valence-electron chi connectivity index (χ3n) is 7.72. The van der Waals surface area contributed by atoms with Gasteiger partial charge in [0.05, 0.1) is 18.3 Å². The second-order valence-electron chi connectivity index (χ2n) is 10.8. The normalized spacial score (nSPS) is 13.1. The molecule has 0 aliphatic carbocycles. The van der Waals surface area contributed by atoms with E-state index in [1.54, 1.807) is 24.4 Å². The monoisotopic (exact) mass is 660 g/mol. The molecule has 5 aromatic rings. The Bertz CT molecular complexity index is 2080. The van der Waals surface area contributed by atoms with Crippen LogP contribution in [0.3, 0.4) is 0 Å². The number of carbonyl (C=O) groups excluding carboxylic acids is 1. The lowest BCUT2D eigenvalue weighted by molar-refractivity contribution is 0.101. The maximum absolute atomic E-state index is 15.3. The van der Waals surface area contributed by atoms with Crippen LogP contribution in [0.15, 0.2) is 76.4 Å². The largest absolute Gasteiger partial charge is 0.493 e. The number of rotatable bonds is 10. The number of nitrogens with one attached hydrogen (secondary N) is 1. The molecule has 1 saturated heterocycles. The van der Waals surface area contributed by atoms with Crippen molar-refractivity contribution in [3.63, 3.8) is 0 Å². The van der Waals surface area contributed by atoms with Crippen LogP contribution in [0.25, 0.3) is 16.6 Å². The lowest BCUT2D eigenvalue weighted by atomic mass is 10.1. The van der Waals surface area contributed by atoms with Gasteiger partial charge in [0.1, 0.15) is 12.4 Å². The summed E-state index contributed by atoms with van der Waals surface area (Å²) in [5.41, 5.74) is -1.36. The minimum atomic E-state index is -0.938. The molecule has 1 fully saturated rings. The van der Waals surface area contributed by atoms with E-state index in [-0.39, 0.29) is 11.4 Å². The van der Waals surface area contributed by atoms with Crippen molar-refractivity contribution in [1.82, 2.24) is 24.2 Å². The van der Waals surface area contributed by atoms with E-state index in [1.807, 2.05) is 0 Å². The number of ether oxygens (including phenoxy) is 3. The Kier molecular flexibility index (Phi) is 9.18. The molecule has 242 valence electrons. The highest BCUT2D eigenvalue weighted by Gasteiger charge is 2.20. The summed E-state index contributed by atoms with van der Waals surface area (Å²) < 4.78 is 34.5. The lowest BCUT2D eigenvalue weighted by Crippen LogP contribution is -2.43. The van der Waals surface area contributed by atoms with Crippen molar-refractivity contribution in [2.45, 2.75) is 12.8 Å². The number of carbonyl (C=O) groups is 1. The Hall–Kier alpha value is -5.27. The average molecular weight is 661 g/mol.